The molecule has 2 aliphatic heterocycles. The molecule has 1 aromatic carbocycles. The van der Waals surface area contributed by atoms with Crippen molar-refractivity contribution in [2.75, 3.05) is 32.0 Å². The van der Waals surface area contributed by atoms with Gasteiger partial charge in [-0.05, 0) is 122 Å². The molecule has 5 atom stereocenters. The van der Waals surface area contributed by atoms with Gasteiger partial charge in [-0.2, -0.15) is 0 Å². The molecule has 2 heterocycles. The number of piperidine rings is 1. The van der Waals surface area contributed by atoms with Gasteiger partial charge in [0.25, 0.3) is 27.7 Å². The number of carbonyl (C=O) groups excluding carboxylic acids is 9. The highest BCUT2D eigenvalue weighted by atomic mass is 32.2. The van der Waals surface area contributed by atoms with Crippen LogP contribution in [0.3, 0.4) is 0 Å². The number of likely N-dealkylation sites (tertiary alicyclic amines) is 1. The molecule has 1 saturated heterocycles. The van der Waals surface area contributed by atoms with E-state index in [0.29, 0.717) is 6.42 Å². The fourth-order valence-electron chi connectivity index (χ4n) is 9.36. The van der Waals surface area contributed by atoms with Crippen molar-refractivity contribution in [1.29, 1.82) is 0 Å². The zero-order chi connectivity index (χ0) is 58.5. The van der Waals surface area contributed by atoms with Crippen molar-refractivity contribution in [3.63, 3.8) is 0 Å². The lowest BCUT2D eigenvalue weighted by atomic mass is 9.84. The van der Waals surface area contributed by atoms with Crippen molar-refractivity contribution in [2.45, 2.75) is 188 Å². The standard InChI is InChI=1S/C54H86N10O12S/c1-32(2)40(62(15)50(72)45(52(8,9)10)60-48(70)39-20-16-17-28-63(39)34(5)6)29-35(7)46(68)61-77(74,75)37-23-21-36(22-24-37)57-47(69)38(19-18-27-56-51(55)73)58-49(71)44(33(3)4)59-41(65)30-53(11,12)76-54(13,14)31-64-42(66)25-26-43(64)67/h21-26,29,32-34,38-40,44-45H,16-20,27-28,30-31H2,1-15H3,(H,57,69)(H,58,71)(H,59,65)(H,60,70)(H,61,68)(H3,55,56,73)/b35-29+/t38-,39+,40+,44?,45?/m0/s1. The molecule has 430 valence electrons. The van der Waals surface area contributed by atoms with Crippen LogP contribution in [0.15, 0.2) is 53.0 Å². The van der Waals surface area contributed by atoms with Crippen molar-refractivity contribution in [3.05, 3.63) is 48.1 Å². The van der Waals surface area contributed by atoms with E-state index in [1.165, 1.54) is 54.3 Å². The van der Waals surface area contributed by atoms with E-state index in [1.54, 1.807) is 48.6 Å². The molecule has 10 amide bonds. The Morgan fingerprint density at radius 2 is 1.43 bits per heavy atom. The van der Waals surface area contributed by atoms with Gasteiger partial charge >= 0.3 is 6.03 Å². The van der Waals surface area contributed by atoms with E-state index in [4.69, 9.17) is 10.5 Å². The largest absolute Gasteiger partial charge is 0.367 e. The third-order valence-corrected chi connectivity index (χ3v) is 14.6. The highest BCUT2D eigenvalue weighted by molar-refractivity contribution is 7.90. The summed E-state index contributed by atoms with van der Waals surface area (Å²) in [6, 6.07) is -0.00924. The maximum atomic E-state index is 14.3. The number of amides is 10. The molecule has 1 fully saturated rings. The van der Waals surface area contributed by atoms with Gasteiger partial charge in [0.05, 0.1) is 41.1 Å². The number of nitrogens with zero attached hydrogens (tertiary/aromatic N) is 3. The summed E-state index contributed by atoms with van der Waals surface area (Å²) in [6.07, 6.45) is 6.40. The lowest BCUT2D eigenvalue weighted by molar-refractivity contribution is -0.159. The number of hydrogen-bond acceptors (Lipinski definition) is 13. The molecule has 0 spiro atoms. The molecule has 3 rings (SSSR count). The van der Waals surface area contributed by atoms with E-state index in [2.05, 4.69) is 36.2 Å². The minimum atomic E-state index is -4.48. The molecule has 23 heteroatoms. The molecule has 2 aliphatic rings. The number of carbonyl (C=O) groups is 9. The molecule has 0 bridgehead atoms. The minimum absolute atomic E-state index is 0.00253. The normalized spacial score (nSPS) is 17.4. The number of sulfonamides is 1. The molecule has 8 N–H and O–H groups in total. The van der Waals surface area contributed by atoms with E-state index in [1.807, 2.05) is 48.5 Å². The van der Waals surface area contributed by atoms with Crippen LogP contribution in [0.1, 0.15) is 135 Å². The van der Waals surface area contributed by atoms with Crippen molar-refractivity contribution >= 4 is 69.0 Å². The number of primary amides is 1. The van der Waals surface area contributed by atoms with Crippen LogP contribution in [-0.2, 0) is 53.1 Å². The molecule has 0 radical (unpaired) electrons. The number of rotatable bonds is 26. The Morgan fingerprint density at radius 3 is 1.96 bits per heavy atom. The first-order valence-corrected chi connectivity index (χ1v) is 27.8. The first kappa shape index (κ1) is 65.1. The van der Waals surface area contributed by atoms with Gasteiger partial charge in [-0.25, -0.2) is 17.9 Å². The van der Waals surface area contributed by atoms with Crippen LogP contribution in [0.25, 0.3) is 0 Å². The monoisotopic (exact) mass is 1100 g/mol. The fourth-order valence-corrected chi connectivity index (χ4v) is 10.4. The van der Waals surface area contributed by atoms with Gasteiger partial charge in [0, 0.05) is 43.0 Å². The number of likely N-dealkylation sites (N-methyl/N-ethyl adjacent to an activating group) is 1. The van der Waals surface area contributed by atoms with Crippen LogP contribution >= 0.6 is 0 Å². The number of urea groups is 1. The second-order valence-electron chi connectivity index (χ2n) is 23.3. The molecule has 0 aliphatic carbocycles. The van der Waals surface area contributed by atoms with Crippen LogP contribution < -0.4 is 37.0 Å². The molecule has 1 aromatic rings. The van der Waals surface area contributed by atoms with Crippen LogP contribution in [0.5, 0.6) is 0 Å². The van der Waals surface area contributed by atoms with Crippen LogP contribution in [0.4, 0.5) is 10.5 Å². The molecule has 77 heavy (non-hydrogen) atoms. The van der Waals surface area contributed by atoms with Crippen molar-refractivity contribution in [2.24, 2.45) is 23.0 Å². The van der Waals surface area contributed by atoms with Gasteiger partial charge in [-0.1, -0.05) is 61.0 Å². The highest BCUT2D eigenvalue weighted by Gasteiger charge is 2.41. The Labute approximate surface area is 455 Å². The third kappa shape index (κ3) is 19.6. The maximum Gasteiger partial charge on any atom is 0.312 e. The van der Waals surface area contributed by atoms with Gasteiger partial charge in [0.15, 0.2) is 0 Å². The molecule has 0 saturated carbocycles. The lowest BCUT2D eigenvalue weighted by Crippen LogP contribution is -2.60. The Morgan fingerprint density at radius 1 is 0.831 bits per heavy atom. The van der Waals surface area contributed by atoms with Crippen LogP contribution in [0, 0.1) is 17.3 Å². The van der Waals surface area contributed by atoms with E-state index in [0.717, 1.165) is 24.3 Å². The quantitative estimate of drug-likeness (QED) is 0.0397. The topological polar surface area (TPSA) is 305 Å². The summed E-state index contributed by atoms with van der Waals surface area (Å²) in [6.45, 7) is 25.7. The summed E-state index contributed by atoms with van der Waals surface area (Å²) in [5.41, 5.74) is 2.51. The Hall–Kier alpha value is -6.20. The van der Waals surface area contributed by atoms with Gasteiger partial charge in [-0.3, -0.25) is 48.2 Å². The summed E-state index contributed by atoms with van der Waals surface area (Å²) in [5, 5.41) is 13.6. The first-order valence-electron chi connectivity index (χ1n) is 26.3. The molecular weight excluding hydrogens is 1010 g/mol. The average molecular weight is 1100 g/mol. The summed E-state index contributed by atoms with van der Waals surface area (Å²) in [4.78, 5) is 123. The number of imide groups is 1. The van der Waals surface area contributed by atoms with Gasteiger partial charge in [0.1, 0.15) is 18.1 Å². The lowest BCUT2D eigenvalue weighted by Gasteiger charge is -2.41. The SMILES string of the molecule is C/C(=C\[C@H](C(C)C)N(C)C(=O)C(NC(=O)[C@H]1CCCCN1C(C)C)C(C)(C)C)C(=O)NS(=O)(=O)c1ccc(NC(=O)[C@H](CCCNC(N)=O)NC(=O)C(NC(=O)CC(C)(C)OC(C)(C)CN2C(=O)C=CC2=O)C(C)C)cc1. The highest BCUT2D eigenvalue weighted by Crippen LogP contribution is 2.28. The number of ether oxygens (including phenoxy) is 1. The second kappa shape index (κ2) is 27.4. The Balaban J connectivity index is 1.73. The number of nitrogens with one attached hydrogen (secondary N) is 6. The number of benzene rings is 1. The third-order valence-electron chi connectivity index (χ3n) is 13.3. The molecule has 2 unspecified atom stereocenters. The van der Waals surface area contributed by atoms with E-state index in [9.17, 15) is 51.6 Å². The summed E-state index contributed by atoms with van der Waals surface area (Å²) in [7, 11) is -2.89. The van der Waals surface area contributed by atoms with Gasteiger partial charge < -0.3 is 42.0 Å². The summed E-state index contributed by atoms with van der Waals surface area (Å²) >= 11 is 0. The average Bonchev–Trinajstić information content (AvgIpc) is 3.62. The molecular formula is C54H86N10O12S. The van der Waals surface area contributed by atoms with Gasteiger partial charge in [0.2, 0.25) is 29.5 Å². The predicted octanol–water partition coefficient (Wildman–Crippen LogP) is 3.62. The zero-order valence-corrected chi connectivity index (χ0v) is 48.6. The fraction of sp³-hybridized carbons (Fsp3) is 0.648. The minimum Gasteiger partial charge on any atom is -0.367 e. The van der Waals surface area contributed by atoms with Gasteiger partial charge in [-0.15, -0.1) is 0 Å². The Kier molecular flexibility index (Phi) is 23.2. The number of nitrogens with two attached hydrogens (primary N) is 1. The van der Waals surface area contributed by atoms with E-state index >= 15 is 0 Å². The Bertz CT molecular complexity index is 2480. The maximum absolute atomic E-state index is 14.3. The molecule has 22 nitrogen and oxygen atoms in total. The van der Waals surface area contributed by atoms with E-state index in [-0.39, 0.29) is 78.3 Å². The first-order chi connectivity index (χ1) is 35.5. The number of anilines is 1. The smallest absolute Gasteiger partial charge is 0.312 e. The predicted molar refractivity (Wildman–Crippen MR) is 292 cm³/mol. The van der Waals surface area contributed by atoms with Crippen LogP contribution in [-0.4, -0.2) is 151 Å². The second-order valence-corrected chi connectivity index (χ2v) is 25.0. The summed E-state index contributed by atoms with van der Waals surface area (Å²) in [5.74, 6) is -5.13. The van der Waals surface area contributed by atoms with Crippen molar-refractivity contribution in [3.8, 4) is 0 Å². The summed E-state index contributed by atoms with van der Waals surface area (Å²) < 4.78 is 35.4. The number of hydrogen-bond donors (Lipinski definition) is 7. The zero-order valence-electron chi connectivity index (χ0n) is 47.8. The van der Waals surface area contributed by atoms with Crippen molar-refractivity contribution < 1.29 is 56.3 Å². The van der Waals surface area contributed by atoms with Crippen molar-refractivity contribution in [1.82, 2.24) is 40.7 Å². The van der Waals surface area contributed by atoms with Crippen LogP contribution in [0.2, 0.25) is 0 Å². The molecule has 0 aromatic heterocycles. The van der Waals surface area contributed by atoms with E-state index < -0.39 is 98.2 Å².